The summed E-state index contributed by atoms with van der Waals surface area (Å²) in [5.74, 6) is 0. The molecule has 0 radical (unpaired) electrons. The Kier molecular flexibility index (Phi) is 3.26. The van der Waals surface area contributed by atoms with Crippen molar-refractivity contribution in [2.75, 3.05) is 0 Å². The van der Waals surface area contributed by atoms with Gasteiger partial charge in [-0.1, -0.05) is 24.3 Å². The second kappa shape index (κ2) is 4.44. The van der Waals surface area contributed by atoms with Crippen LogP contribution in [0.25, 0.3) is 9.69 Å². The molecule has 1 aromatic rings. The summed E-state index contributed by atoms with van der Waals surface area (Å²) in [4.78, 5) is 6.89. The molecule has 14 heavy (non-hydrogen) atoms. The van der Waals surface area contributed by atoms with Gasteiger partial charge in [0.05, 0.1) is 0 Å². The fourth-order valence-corrected chi connectivity index (χ4v) is 1.20. The molecule has 0 aromatic heterocycles. The monoisotopic (exact) mass is 184 g/mol. The van der Waals surface area contributed by atoms with E-state index in [-0.39, 0.29) is 12.1 Å². The lowest BCUT2D eigenvalue weighted by molar-refractivity contribution is 0.934. The van der Waals surface area contributed by atoms with Gasteiger partial charge in [-0.15, -0.1) is 0 Å². The topological polar surface area (TPSA) is 8.72 Å². The summed E-state index contributed by atoms with van der Waals surface area (Å²) in [5, 5.41) is 0. The molecular formula is C12H12N2. The van der Waals surface area contributed by atoms with Crippen LogP contribution < -0.4 is 0 Å². The Morgan fingerprint density at radius 3 is 1.36 bits per heavy atom. The molecule has 0 N–H and O–H groups in total. The van der Waals surface area contributed by atoms with Gasteiger partial charge in [0.15, 0.2) is 0 Å². The molecule has 2 unspecified atom stereocenters. The van der Waals surface area contributed by atoms with Gasteiger partial charge in [-0.05, 0) is 0 Å². The standard InChI is InChI=1S/C12H12N2/c1-9(13-3)11-5-7-12(8-6-11)10(2)14-4/h5-10H,1-2H3. The molecule has 70 valence electrons. The van der Waals surface area contributed by atoms with E-state index >= 15 is 0 Å². The minimum atomic E-state index is -0.0905. The van der Waals surface area contributed by atoms with Crippen molar-refractivity contribution in [1.29, 1.82) is 0 Å². The highest BCUT2D eigenvalue weighted by molar-refractivity contribution is 5.28. The first-order chi connectivity index (χ1) is 6.69. The predicted octanol–water partition coefficient (Wildman–Crippen LogP) is 3.65. The van der Waals surface area contributed by atoms with E-state index in [2.05, 4.69) is 9.69 Å². The first-order valence-corrected chi connectivity index (χ1v) is 4.52. The maximum Gasteiger partial charge on any atom is 0.245 e. The van der Waals surface area contributed by atoms with Gasteiger partial charge in [-0.25, -0.2) is 13.1 Å². The summed E-state index contributed by atoms with van der Waals surface area (Å²) < 4.78 is 0. The average molecular weight is 184 g/mol. The molecule has 0 aliphatic heterocycles. The van der Waals surface area contributed by atoms with Crippen molar-refractivity contribution >= 4 is 0 Å². The van der Waals surface area contributed by atoms with E-state index < -0.39 is 0 Å². The number of nitrogens with zero attached hydrogens (tertiary/aromatic N) is 2. The van der Waals surface area contributed by atoms with Crippen molar-refractivity contribution in [3.63, 3.8) is 0 Å². The van der Waals surface area contributed by atoms with Crippen molar-refractivity contribution in [3.8, 4) is 0 Å². The summed E-state index contributed by atoms with van der Waals surface area (Å²) in [5.41, 5.74) is 2.03. The molecule has 0 aliphatic rings. The highest BCUT2D eigenvalue weighted by Gasteiger charge is 2.11. The van der Waals surface area contributed by atoms with Crippen LogP contribution in [0.5, 0.6) is 0 Å². The minimum absolute atomic E-state index is 0.0905. The summed E-state index contributed by atoms with van der Waals surface area (Å²) in [6, 6.07) is 7.54. The Labute approximate surface area is 84.8 Å². The molecule has 0 bridgehead atoms. The Morgan fingerprint density at radius 2 is 1.14 bits per heavy atom. The zero-order valence-electron chi connectivity index (χ0n) is 8.36. The quantitative estimate of drug-likeness (QED) is 0.620. The Hall–Kier alpha value is -1.80. The molecule has 0 saturated heterocycles. The van der Waals surface area contributed by atoms with Crippen molar-refractivity contribution in [2.24, 2.45) is 0 Å². The lowest BCUT2D eigenvalue weighted by Gasteiger charge is -2.02. The Balaban J connectivity index is 2.91. The molecule has 2 heteroatoms. The van der Waals surface area contributed by atoms with E-state index in [1.165, 1.54) is 0 Å². The van der Waals surface area contributed by atoms with Gasteiger partial charge < -0.3 is 9.69 Å². The van der Waals surface area contributed by atoms with E-state index in [0.717, 1.165) is 11.1 Å². The molecule has 0 aliphatic carbocycles. The normalized spacial score (nSPS) is 13.7. The molecule has 0 fully saturated rings. The Morgan fingerprint density at radius 1 is 0.857 bits per heavy atom. The third-order valence-corrected chi connectivity index (χ3v) is 2.29. The zero-order chi connectivity index (χ0) is 10.6. The third-order valence-electron chi connectivity index (χ3n) is 2.29. The minimum Gasteiger partial charge on any atom is -0.309 e. The molecule has 1 aromatic carbocycles. The second-order valence-corrected chi connectivity index (χ2v) is 3.28. The van der Waals surface area contributed by atoms with Crippen LogP contribution in [0.15, 0.2) is 24.3 Å². The van der Waals surface area contributed by atoms with Gasteiger partial charge in [-0.2, -0.15) is 0 Å². The Bertz CT molecular complexity index is 339. The first kappa shape index (κ1) is 10.3. The van der Waals surface area contributed by atoms with Gasteiger partial charge in [0.1, 0.15) is 0 Å². The molecule has 2 atom stereocenters. The number of hydrogen-bond donors (Lipinski definition) is 0. The summed E-state index contributed by atoms with van der Waals surface area (Å²) >= 11 is 0. The molecule has 0 spiro atoms. The maximum atomic E-state index is 6.90. The van der Waals surface area contributed by atoms with E-state index in [4.69, 9.17) is 13.1 Å². The van der Waals surface area contributed by atoms with E-state index in [1.807, 2.05) is 38.1 Å². The highest BCUT2D eigenvalue weighted by Crippen LogP contribution is 2.21. The maximum absolute atomic E-state index is 6.90. The van der Waals surface area contributed by atoms with E-state index in [1.54, 1.807) is 0 Å². The molecule has 0 amide bonds. The fraction of sp³-hybridized carbons (Fsp3) is 0.333. The molecule has 0 heterocycles. The molecule has 0 saturated carbocycles. The lowest BCUT2D eigenvalue weighted by Crippen LogP contribution is -1.90. The predicted molar refractivity (Wildman–Crippen MR) is 56.5 cm³/mol. The van der Waals surface area contributed by atoms with Crippen LogP contribution in [0.4, 0.5) is 0 Å². The summed E-state index contributed by atoms with van der Waals surface area (Å²) in [7, 11) is 0. The smallest absolute Gasteiger partial charge is 0.245 e. The number of benzene rings is 1. The van der Waals surface area contributed by atoms with Crippen LogP contribution in [0.3, 0.4) is 0 Å². The van der Waals surface area contributed by atoms with Crippen molar-refractivity contribution in [1.82, 2.24) is 0 Å². The first-order valence-electron chi connectivity index (χ1n) is 4.52. The van der Waals surface area contributed by atoms with Crippen LogP contribution in [-0.4, -0.2) is 0 Å². The van der Waals surface area contributed by atoms with Crippen LogP contribution in [0, 0.1) is 13.1 Å². The third kappa shape index (κ3) is 2.12. The highest BCUT2D eigenvalue weighted by atomic mass is 14.7. The van der Waals surface area contributed by atoms with Crippen LogP contribution in [0.1, 0.15) is 37.1 Å². The van der Waals surface area contributed by atoms with Gasteiger partial charge in [-0.3, -0.25) is 0 Å². The molecule has 1 rings (SSSR count). The van der Waals surface area contributed by atoms with Gasteiger partial charge in [0.2, 0.25) is 12.1 Å². The van der Waals surface area contributed by atoms with Crippen molar-refractivity contribution in [2.45, 2.75) is 25.9 Å². The fourth-order valence-electron chi connectivity index (χ4n) is 1.20. The van der Waals surface area contributed by atoms with E-state index in [0.29, 0.717) is 0 Å². The SMILES string of the molecule is [C-]#[N+]C(C)c1ccc(C(C)[N+]#[C-])cc1. The van der Waals surface area contributed by atoms with Crippen LogP contribution in [0.2, 0.25) is 0 Å². The van der Waals surface area contributed by atoms with Gasteiger partial charge >= 0.3 is 0 Å². The summed E-state index contributed by atoms with van der Waals surface area (Å²) in [6.45, 7) is 17.5. The second-order valence-electron chi connectivity index (χ2n) is 3.28. The largest absolute Gasteiger partial charge is 0.309 e. The number of hydrogen-bond acceptors (Lipinski definition) is 0. The molecule has 2 nitrogen and oxygen atoms in total. The van der Waals surface area contributed by atoms with Crippen LogP contribution >= 0.6 is 0 Å². The lowest BCUT2D eigenvalue weighted by atomic mass is 10.0. The van der Waals surface area contributed by atoms with Crippen molar-refractivity contribution < 1.29 is 0 Å². The van der Waals surface area contributed by atoms with Gasteiger partial charge in [0, 0.05) is 25.0 Å². The van der Waals surface area contributed by atoms with Gasteiger partial charge in [0.25, 0.3) is 0 Å². The number of rotatable bonds is 2. The summed E-state index contributed by atoms with van der Waals surface area (Å²) in [6.07, 6.45) is 0. The zero-order valence-corrected chi connectivity index (χ0v) is 8.36. The average Bonchev–Trinajstić information content (AvgIpc) is 2.27. The molecular weight excluding hydrogens is 172 g/mol. The van der Waals surface area contributed by atoms with Crippen molar-refractivity contribution in [3.05, 3.63) is 58.2 Å². The van der Waals surface area contributed by atoms with Crippen LogP contribution in [-0.2, 0) is 0 Å². The van der Waals surface area contributed by atoms with E-state index in [9.17, 15) is 0 Å².